The number of hydrogen-bond donors (Lipinski definition) is 1. The first-order valence-electron chi connectivity index (χ1n) is 9.22. The van der Waals surface area contributed by atoms with E-state index in [4.69, 9.17) is 4.74 Å². The number of fused-ring (bicyclic) bond motifs is 2. The Morgan fingerprint density at radius 1 is 1.43 bits per heavy atom. The molecule has 154 valence electrons. The number of carbonyl (C=O) groups excluding carboxylic acids is 3. The number of thiazole rings is 1. The number of benzene rings is 1. The topological polar surface area (TPSA) is 93.0 Å². The van der Waals surface area contributed by atoms with Gasteiger partial charge in [0.15, 0.2) is 4.96 Å². The lowest BCUT2D eigenvalue weighted by atomic mass is 9.85. The highest BCUT2D eigenvalue weighted by Gasteiger charge is 2.43. The average molecular weight is 424 g/mol. The summed E-state index contributed by atoms with van der Waals surface area (Å²) in [6.45, 7) is 5.50. The molecule has 2 aromatic heterocycles. The van der Waals surface area contributed by atoms with E-state index in [-0.39, 0.29) is 12.5 Å². The van der Waals surface area contributed by atoms with E-state index in [1.54, 1.807) is 37.3 Å². The summed E-state index contributed by atoms with van der Waals surface area (Å²) in [5, 5.41) is 4.22. The Balaban J connectivity index is 1.69. The largest absolute Gasteiger partial charge is 0.497 e. The van der Waals surface area contributed by atoms with Gasteiger partial charge in [-0.2, -0.15) is 0 Å². The Bertz CT molecular complexity index is 1150. The number of hydrogen-bond acceptors (Lipinski definition) is 6. The molecular weight excluding hydrogens is 404 g/mol. The molecule has 0 spiro atoms. The van der Waals surface area contributed by atoms with Crippen LogP contribution in [0.4, 0.5) is 0 Å². The van der Waals surface area contributed by atoms with E-state index in [1.165, 1.54) is 11.3 Å². The van der Waals surface area contributed by atoms with Gasteiger partial charge < -0.3 is 9.64 Å². The van der Waals surface area contributed by atoms with E-state index < -0.39 is 17.2 Å². The van der Waals surface area contributed by atoms with Crippen LogP contribution in [0, 0.1) is 0 Å². The Hall–Kier alpha value is -3.46. The zero-order valence-corrected chi connectivity index (χ0v) is 17.4. The second-order valence-electron chi connectivity index (χ2n) is 7.26. The number of nitrogens with zero attached hydrogens (tertiary/aromatic N) is 3. The summed E-state index contributed by atoms with van der Waals surface area (Å²) in [7, 11) is 1.54. The van der Waals surface area contributed by atoms with Gasteiger partial charge >= 0.3 is 0 Å². The molecule has 0 bridgehead atoms. The van der Waals surface area contributed by atoms with Crippen molar-refractivity contribution in [1.82, 2.24) is 19.6 Å². The highest BCUT2D eigenvalue weighted by Crippen LogP contribution is 2.32. The van der Waals surface area contributed by atoms with Gasteiger partial charge in [0.25, 0.3) is 5.91 Å². The van der Waals surface area contributed by atoms with Crippen LogP contribution >= 0.6 is 11.3 Å². The molecule has 3 amide bonds. The molecule has 0 saturated carbocycles. The number of methoxy groups -OCH3 is 1. The third-order valence-corrected chi connectivity index (χ3v) is 6.06. The van der Waals surface area contributed by atoms with Crippen molar-refractivity contribution in [3.8, 4) is 5.75 Å². The maximum atomic E-state index is 13.1. The van der Waals surface area contributed by atoms with E-state index in [0.717, 1.165) is 16.6 Å². The van der Waals surface area contributed by atoms with Crippen molar-refractivity contribution in [2.75, 3.05) is 13.7 Å². The molecule has 1 aromatic carbocycles. The molecular formula is C21H20N4O4S. The molecule has 3 heterocycles. The highest BCUT2D eigenvalue weighted by molar-refractivity contribution is 7.15. The first-order valence-corrected chi connectivity index (χ1v) is 10.1. The van der Waals surface area contributed by atoms with Crippen LogP contribution in [0.2, 0.25) is 0 Å². The van der Waals surface area contributed by atoms with Crippen LogP contribution in [0.25, 0.3) is 4.96 Å². The van der Waals surface area contributed by atoms with Crippen molar-refractivity contribution in [3.63, 3.8) is 0 Å². The zero-order valence-electron chi connectivity index (χ0n) is 16.5. The van der Waals surface area contributed by atoms with Gasteiger partial charge in [-0.05, 0) is 30.7 Å². The molecule has 0 aliphatic carbocycles. The Morgan fingerprint density at radius 3 is 2.93 bits per heavy atom. The summed E-state index contributed by atoms with van der Waals surface area (Å²) in [6, 6.07) is 5.34. The van der Waals surface area contributed by atoms with Crippen LogP contribution < -0.4 is 10.1 Å². The fraction of sp³-hybridized carbons (Fsp3) is 0.238. The molecule has 9 heteroatoms. The van der Waals surface area contributed by atoms with Gasteiger partial charge in [-0.25, -0.2) is 4.98 Å². The molecule has 8 nitrogen and oxygen atoms in total. The number of aromatic nitrogens is 2. The molecule has 0 saturated heterocycles. The Labute approximate surface area is 176 Å². The first kappa shape index (κ1) is 19.8. The summed E-state index contributed by atoms with van der Waals surface area (Å²) in [5.74, 6) is -0.748. The van der Waals surface area contributed by atoms with E-state index in [0.29, 0.717) is 23.6 Å². The van der Waals surface area contributed by atoms with Crippen LogP contribution in [0.1, 0.15) is 28.5 Å². The lowest BCUT2D eigenvalue weighted by Crippen LogP contribution is -2.51. The second kappa shape index (κ2) is 7.42. The third kappa shape index (κ3) is 3.26. The summed E-state index contributed by atoms with van der Waals surface area (Å²) in [6.07, 6.45) is 4.63. The van der Waals surface area contributed by atoms with Crippen molar-refractivity contribution >= 4 is 34.0 Å². The number of imide groups is 1. The van der Waals surface area contributed by atoms with Gasteiger partial charge in [0.05, 0.1) is 12.8 Å². The molecule has 1 N–H and O–H groups in total. The van der Waals surface area contributed by atoms with Crippen LogP contribution in [-0.4, -0.2) is 45.7 Å². The number of amides is 3. The molecule has 1 atom stereocenters. The van der Waals surface area contributed by atoms with E-state index >= 15 is 0 Å². The fourth-order valence-electron chi connectivity index (χ4n) is 3.54. The van der Waals surface area contributed by atoms with Crippen molar-refractivity contribution in [3.05, 3.63) is 65.4 Å². The van der Waals surface area contributed by atoms with Gasteiger partial charge in [0.2, 0.25) is 11.8 Å². The Kier molecular flexibility index (Phi) is 4.90. The van der Waals surface area contributed by atoms with Gasteiger partial charge in [0, 0.05) is 36.4 Å². The molecule has 0 fully saturated rings. The maximum Gasteiger partial charge on any atom is 0.254 e. The summed E-state index contributed by atoms with van der Waals surface area (Å²) < 4.78 is 7.03. The van der Waals surface area contributed by atoms with Crippen LogP contribution in [0.15, 0.2) is 48.6 Å². The molecule has 1 unspecified atom stereocenters. The lowest BCUT2D eigenvalue weighted by Gasteiger charge is -2.30. The van der Waals surface area contributed by atoms with Crippen molar-refractivity contribution in [1.29, 1.82) is 0 Å². The average Bonchev–Trinajstić information content (AvgIpc) is 3.42. The number of rotatable bonds is 6. The van der Waals surface area contributed by atoms with Gasteiger partial charge in [0.1, 0.15) is 11.2 Å². The zero-order chi connectivity index (χ0) is 21.5. The first-order chi connectivity index (χ1) is 14.4. The quantitative estimate of drug-likeness (QED) is 0.612. The minimum absolute atomic E-state index is 0.0594. The third-order valence-electron chi connectivity index (χ3n) is 5.28. The molecule has 30 heavy (non-hydrogen) atoms. The number of ether oxygens (including phenoxy) is 1. The summed E-state index contributed by atoms with van der Waals surface area (Å²) >= 11 is 1.43. The SMILES string of the molecule is C=CC(=O)NC(=O)C(C)(CN1Cc2ccc(OC)cc2C1=O)c1cn2ccsc2n1. The molecule has 3 aromatic rings. The van der Waals surface area contributed by atoms with E-state index in [1.807, 2.05) is 22.0 Å². The second-order valence-corrected chi connectivity index (χ2v) is 8.13. The van der Waals surface area contributed by atoms with E-state index in [9.17, 15) is 14.4 Å². The highest BCUT2D eigenvalue weighted by atomic mass is 32.1. The minimum Gasteiger partial charge on any atom is -0.497 e. The minimum atomic E-state index is -1.24. The van der Waals surface area contributed by atoms with E-state index in [2.05, 4.69) is 16.9 Å². The maximum absolute atomic E-state index is 13.1. The number of imidazole rings is 1. The van der Waals surface area contributed by atoms with Gasteiger partial charge in [-0.1, -0.05) is 12.6 Å². The number of nitrogens with one attached hydrogen (secondary N) is 1. The summed E-state index contributed by atoms with van der Waals surface area (Å²) in [5.41, 5.74) is 0.637. The van der Waals surface area contributed by atoms with Gasteiger partial charge in [-0.3, -0.25) is 24.1 Å². The number of carbonyl (C=O) groups is 3. The monoisotopic (exact) mass is 424 g/mol. The normalized spacial score (nSPS) is 15.0. The summed E-state index contributed by atoms with van der Waals surface area (Å²) in [4.78, 5) is 44.8. The van der Waals surface area contributed by atoms with Crippen molar-refractivity contribution < 1.29 is 19.1 Å². The predicted molar refractivity (Wildman–Crippen MR) is 112 cm³/mol. The lowest BCUT2D eigenvalue weighted by molar-refractivity contribution is -0.132. The van der Waals surface area contributed by atoms with Gasteiger partial charge in [-0.15, -0.1) is 11.3 Å². The molecule has 1 aliphatic rings. The molecule has 0 radical (unpaired) electrons. The standard InChI is InChI=1S/C21H20N4O4S/c1-4-17(26)23-19(28)21(2,16-11-24-7-8-30-20(24)22-16)12-25-10-13-5-6-14(29-3)9-15(13)18(25)27/h4-9,11H,1,10,12H2,2-3H3,(H,23,26,28). The van der Waals surface area contributed by atoms with Crippen LogP contribution in [-0.2, 0) is 21.5 Å². The van der Waals surface area contributed by atoms with Crippen LogP contribution in [0.3, 0.4) is 0 Å². The van der Waals surface area contributed by atoms with Crippen molar-refractivity contribution in [2.24, 2.45) is 0 Å². The predicted octanol–water partition coefficient (Wildman–Crippen LogP) is 2.15. The fourth-order valence-corrected chi connectivity index (χ4v) is 4.24. The van der Waals surface area contributed by atoms with Crippen LogP contribution in [0.5, 0.6) is 5.75 Å². The van der Waals surface area contributed by atoms with Crippen molar-refractivity contribution in [2.45, 2.75) is 18.9 Å². The Morgan fingerprint density at radius 2 is 2.23 bits per heavy atom. The molecule has 4 rings (SSSR count). The smallest absolute Gasteiger partial charge is 0.254 e. The molecule has 1 aliphatic heterocycles.